The number of rotatable bonds is 5. The third-order valence-corrected chi connectivity index (χ3v) is 5.98. The van der Waals surface area contributed by atoms with E-state index in [4.69, 9.17) is 4.42 Å². The molecule has 0 atom stereocenters. The molecule has 9 heteroatoms. The lowest BCUT2D eigenvalue weighted by molar-refractivity contribution is -0.113. The van der Waals surface area contributed by atoms with Gasteiger partial charge in [0, 0.05) is 27.1 Å². The first kappa shape index (κ1) is 19.2. The maximum absolute atomic E-state index is 12.2. The van der Waals surface area contributed by atoms with Gasteiger partial charge in [0.15, 0.2) is 16.7 Å². The number of carbonyl (C=O) groups excluding carboxylic acids is 1. The van der Waals surface area contributed by atoms with Crippen LogP contribution in [-0.2, 0) is 11.8 Å². The lowest BCUT2D eigenvalue weighted by atomic mass is 10.2. The average molecular weight is 522 g/mol. The summed E-state index contributed by atoms with van der Waals surface area (Å²) in [4.78, 5) is 12.2. The summed E-state index contributed by atoms with van der Waals surface area (Å²) in [6.45, 7) is 0. The predicted octanol–water partition coefficient (Wildman–Crippen LogP) is 5.48. The maximum atomic E-state index is 12.2. The Morgan fingerprint density at radius 1 is 1.14 bits per heavy atom. The fourth-order valence-electron chi connectivity index (χ4n) is 2.67. The standard InChI is InChI=1S/C19H14Br2N4O2S/c1-25-18(16-8-11-7-13(21)5-6-15(11)27-16)23-24-19(25)28-10-17(26)22-14-4-2-3-12(20)9-14/h2-9H,10H2,1H3,(H,22,26). The Morgan fingerprint density at radius 3 is 2.79 bits per heavy atom. The highest BCUT2D eigenvalue weighted by Crippen LogP contribution is 2.30. The molecule has 0 saturated heterocycles. The molecule has 0 fully saturated rings. The Bertz CT molecular complexity index is 1170. The number of furan rings is 1. The number of benzene rings is 2. The van der Waals surface area contributed by atoms with Gasteiger partial charge in [0.25, 0.3) is 0 Å². The van der Waals surface area contributed by atoms with Crippen LogP contribution in [0.5, 0.6) is 0 Å². The monoisotopic (exact) mass is 520 g/mol. The van der Waals surface area contributed by atoms with Gasteiger partial charge in [-0.1, -0.05) is 49.7 Å². The Hall–Kier alpha value is -2.10. The molecule has 0 aliphatic carbocycles. The molecule has 4 aromatic rings. The van der Waals surface area contributed by atoms with Gasteiger partial charge in [-0.15, -0.1) is 10.2 Å². The summed E-state index contributed by atoms with van der Waals surface area (Å²) in [5, 5.41) is 12.9. The van der Waals surface area contributed by atoms with E-state index < -0.39 is 0 Å². The van der Waals surface area contributed by atoms with Crippen molar-refractivity contribution in [2.75, 3.05) is 11.1 Å². The number of halogens is 2. The van der Waals surface area contributed by atoms with Crippen LogP contribution in [0.2, 0.25) is 0 Å². The maximum Gasteiger partial charge on any atom is 0.234 e. The van der Waals surface area contributed by atoms with Gasteiger partial charge in [0.2, 0.25) is 5.91 Å². The first-order valence-corrected chi connectivity index (χ1v) is 10.8. The average Bonchev–Trinajstić information content (AvgIpc) is 3.22. The van der Waals surface area contributed by atoms with Crippen LogP contribution in [0.25, 0.3) is 22.6 Å². The summed E-state index contributed by atoms with van der Waals surface area (Å²) in [5.41, 5.74) is 1.52. The zero-order chi connectivity index (χ0) is 19.7. The molecule has 0 radical (unpaired) electrons. The fraction of sp³-hybridized carbons (Fsp3) is 0.105. The molecule has 0 saturated carbocycles. The van der Waals surface area contributed by atoms with Gasteiger partial charge < -0.3 is 14.3 Å². The van der Waals surface area contributed by atoms with E-state index in [0.29, 0.717) is 16.7 Å². The molecule has 0 unspecified atom stereocenters. The number of fused-ring (bicyclic) bond motifs is 1. The molecule has 28 heavy (non-hydrogen) atoms. The number of anilines is 1. The zero-order valence-corrected chi connectivity index (χ0v) is 18.6. The lowest BCUT2D eigenvalue weighted by Gasteiger charge is -2.05. The van der Waals surface area contributed by atoms with Gasteiger partial charge in [-0.2, -0.15) is 0 Å². The molecule has 0 aliphatic heterocycles. The van der Waals surface area contributed by atoms with Crippen molar-refractivity contribution in [2.24, 2.45) is 7.05 Å². The molecular formula is C19H14Br2N4O2S. The smallest absolute Gasteiger partial charge is 0.234 e. The highest BCUT2D eigenvalue weighted by Gasteiger charge is 2.16. The molecule has 0 bridgehead atoms. The van der Waals surface area contributed by atoms with Crippen LogP contribution < -0.4 is 5.32 Å². The van der Waals surface area contributed by atoms with Crippen molar-refractivity contribution in [3.8, 4) is 11.6 Å². The summed E-state index contributed by atoms with van der Waals surface area (Å²) in [7, 11) is 1.85. The number of nitrogens with zero attached hydrogens (tertiary/aromatic N) is 3. The van der Waals surface area contributed by atoms with Crippen LogP contribution in [0.15, 0.2) is 67.0 Å². The number of carbonyl (C=O) groups is 1. The van der Waals surface area contributed by atoms with E-state index in [0.717, 1.165) is 25.6 Å². The number of hydrogen-bond acceptors (Lipinski definition) is 5. The lowest BCUT2D eigenvalue weighted by Crippen LogP contribution is -2.14. The number of thioether (sulfide) groups is 1. The Labute approximate surface area is 182 Å². The third-order valence-electron chi connectivity index (χ3n) is 3.97. The second-order valence-electron chi connectivity index (χ2n) is 6.01. The van der Waals surface area contributed by atoms with Crippen molar-refractivity contribution in [2.45, 2.75) is 5.16 Å². The van der Waals surface area contributed by atoms with Crippen molar-refractivity contribution >= 4 is 66.2 Å². The van der Waals surface area contributed by atoms with Gasteiger partial charge in [-0.25, -0.2) is 0 Å². The van der Waals surface area contributed by atoms with Gasteiger partial charge >= 0.3 is 0 Å². The van der Waals surface area contributed by atoms with Crippen LogP contribution >= 0.6 is 43.6 Å². The van der Waals surface area contributed by atoms with Crippen LogP contribution in [0, 0.1) is 0 Å². The van der Waals surface area contributed by atoms with Crippen LogP contribution in [0.3, 0.4) is 0 Å². The Balaban J connectivity index is 1.46. The van der Waals surface area contributed by atoms with Gasteiger partial charge in [0.1, 0.15) is 5.58 Å². The first-order valence-electron chi connectivity index (χ1n) is 8.27. The third kappa shape index (κ3) is 4.16. The molecule has 6 nitrogen and oxygen atoms in total. The second-order valence-corrected chi connectivity index (χ2v) is 8.78. The SMILES string of the molecule is Cn1c(SCC(=O)Nc2cccc(Br)c2)nnc1-c1cc2cc(Br)ccc2o1. The quantitative estimate of drug-likeness (QED) is 0.352. The minimum Gasteiger partial charge on any atom is -0.453 e. The minimum atomic E-state index is -0.110. The van der Waals surface area contributed by atoms with Crippen molar-refractivity contribution in [1.29, 1.82) is 0 Å². The van der Waals surface area contributed by atoms with Gasteiger partial charge in [-0.05, 0) is 42.5 Å². The molecule has 0 spiro atoms. The van der Waals surface area contributed by atoms with Crippen molar-refractivity contribution in [1.82, 2.24) is 14.8 Å². The number of hydrogen-bond donors (Lipinski definition) is 1. The van der Waals surface area contributed by atoms with Gasteiger partial charge in [0.05, 0.1) is 5.75 Å². The summed E-state index contributed by atoms with van der Waals surface area (Å²) in [5.74, 6) is 1.36. The largest absolute Gasteiger partial charge is 0.453 e. The summed E-state index contributed by atoms with van der Waals surface area (Å²) in [6.07, 6.45) is 0. The Morgan fingerprint density at radius 2 is 1.96 bits per heavy atom. The van der Waals surface area contributed by atoms with E-state index >= 15 is 0 Å². The normalized spacial score (nSPS) is 11.1. The van der Waals surface area contributed by atoms with Crippen LogP contribution in [-0.4, -0.2) is 26.4 Å². The number of nitrogens with one attached hydrogen (secondary N) is 1. The van der Waals surface area contributed by atoms with E-state index in [-0.39, 0.29) is 11.7 Å². The van der Waals surface area contributed by atoms with Crippen molar-refractivity contribution in [3.05, 3.63) is 57.5 Å². The second kappa shape index (κ2) is 8.10. The van der Waals surface area contributed by atoms with E-state index in [9.17, 15) is 4.79 Å². The molecule has 1 N–H and O–H groups in total. The molecule has 1 amide bonds. The van der Waals surface area contributed by atoms with E-state index in [1.165, 1.54) is 11.8 Å². The molecule has 142 valence electrons. The van der Waals surface area contributed by atoms with Crippen LogP contribution in [0.4, 0.5) is 5.69 Å². The summed E-state index contributed by atoms with van der Waals surface area (Å²) in [6, 6.07) is 15.2. The summed E-state index contributed by atoms with van der Waals surface area (Å²) < 4.78 is 9.60. The van der Waals surface area contributed by atoms with E-state index in [2.05, 4.69) is 47.4 Å². The molecule has 2 heterocycles. The molecular weight excluding hydrogens is 508 g/mol. The Kier molecular flexibility index (Phi) is 5.56. The first-order chi connectivity index (χ1) is 13.5. The fourth-order valence-corrected chi connectivity index (χ4v) is 4.16. The topological polar surface area (TPSA) is 73.0 Å². The number of amides is 1. The summed E-state index contributed by atoms with van der Waals surface area (Å²) >= 11 is 8.17. The molecule has 0 aliphatic rings. The number of aromatic nitrogens is 3. The van der Waals surface area contributed by atoms with E-state index in [1.54, 1.807) is 0 Å². The highest BCUT2D eigenvalue weighted by molar-refractivity contribution is 9.10. The van der Waals surface area contributed by atoms with Crippen molar-refractivity contribution < 1.29 is 9.21 Å². The highest BCUT2D eigenvalue weighted by atomic mass is 79.9. The predicted molar refractivity (Wildman–Crippen MR) is 117 cm³/mol. The molecule has 2 aromatic carbocycles. The van der Waals surface area contributed by atoms with Crippen LogP contribution in [0.1, 0.15) is 0 Å². The van der Waals surface area contributed by atoms with E-state index in [1.807, 2.05) is 60.1 Å². The molecule has 2 aromatic heterocycles. The zero-order valence-electron chi connectivity index (χ0n) is 14.6. The molecule has 4 rings (SSSR count). The van der Waals surface area contributed by atoms with Gasteiger partial charge in [-0.3, -0.25) is 4.79 Å². The van der Waals surface area contributed by atoms with Crippen molar-refractivity contribution in [3.63, 3.8) is 0 Å². The minimum absolute atomic E-state index is 0.110.